The largest absolute Gasteiger partial charge is 0.494 e. The quantitative estimate of drug-likeness (QED) is 0.601. The average molecular weight is 356 g/mol. The van der Waals surface area contributed by atoms with Gasteiger partial charge in [0.15, 0.2) is 0 Å². The molecule has 0 saturated carbocycles. The maximum Gasteiger partial charge on any atom is 0.274 e. The Hall–Kier alpha value is -2.67. The first-order valence-electron chi connectivity index (χ1n) is 8.22. The third-order valence-corrected chi connectivity index (χ3v) is 4.45. The van der Waals surface area contributed by atoms with Crippen molar-refractivity contribution in [2.45, 2.75) is 26.2 Å². The van der Waals surface area contributed by atoms with Crippen molar-refractivity contribution in [3.63, 3.8) is 0 Å². The van der Waals surface area contributed by atoms with E-state index in [-0.39, 0.29) is 5.56 Å². The highest BCUT2D eigenvalue weighted by molar-refractivity contribution is 7.09. The fourth-order valence-electron chi connectivity index (χ4n) is 2.22. The van der Waals surface area contributed by atoms with Gasteiger partial charge in [0.25, 0.3) is 5.56 Å². The molecule has 6 nitrogen and oxygen atoms in total. The number of hydrogen-bond acceptors (Lipinski definition) is 6. The summed E-state index contributed by atoms with van der Waals surface area (Å²) in [6, 6.07) is 11.4. The van der Waals surface area contributed by atoms with E-state index >= 15 is 0 Å². The lowest BCUT2D eigenvalue weighted by Gasteiger charge is -2.08. The van der Waals surface area contributed by atoms with Crippen LogP contribution in [0.1, 0.15) is 30.3 Å². The van der Waals surface area contributed by atoms with E-state index in [1.165, 1.54) is 0 Å². The number of hydrogen-bond donors (Lipinski definition) is 2. The molecule has 0 fully saturated rings. The fourth-order valence-corrected chi connectivity index (χ4v) is 2.93. The van der Waals surface area contributed by atoms with Gasteiger partial charge in [-0.25, -0.2) is 0 Å². The van der Waals surface area contributed by atoms with Crippen LogP contribution in [0.2, 0.25) is 0 Å². The van der Waals surface area contributed by atoms with Gasteiger partial charge in [0.05, 0.1) is 6.61 Å². The molecule has 3 aromatic rings. The number of nitrogens with zero attached hydrogens (tertiary/aromatic N) is 2. The lowest BCUT2D eigenvalue weighted by Crippen LogP contribution is -2.18. The summed E-state index contributed by atoms with van der Waals surface area (Å²) >= 11 is 1.59. The van der Waals surface area contributed by atoms with E-state index in [4.69, 9.17) is 4.74 Å². The van der Waals surface area contributed by atoms with E-state index in [2.05, 4.69) is 27.4 Å². The SMILES string of the molecule is CCCCOc1ccc(Nc2nnc(Cc3cccs3)c(=O)[nH]2)cc1. The van der Waals surface area contributed by atoms with Crippen LogP contribution in [0, 0.1) is 0 Å². The molecule has 3 rings (SSSR count). The Morgan fingerprint density at radius 1 is 1.20 bits per heavy atom. The molecule has 0 amide bonds. The molecule has 0 unspecified atom stereocenters. The molecule has 0 saturated heterocycles. The first-order valence-corrected chi connectivity index (χ1v) is 9.10. The predicted molar refractivity (Wildman–Crippen MR) is 99.9 cm³/mol. The second kappa shape index (κ2) is 8.43. The third kappa shape index (κ3) is 4.90. The Kier molecular flexibility index (Phi) is 5.79. The number of aromatic nitrogens is 3. The van der Waals surface area contributed by atoms with Gasteiger partial charge in [-0.05, 0) is 42.1 Å². The summed E-state index contributed by atoms with van der Waals surface area (Å²) in [5.74, 6) is 1.14. The van der Waals surface area contributed by atoms with Crippen LogP contribution in [0.15, 0.2) is 46.6 Å². The van der Waals surface area contributed by atoms with Crippen LogP contribution >= 0.6 is 11.3 Å². The normalized spacial score (nSPS) is 10.6. The number of unbranched alkanes of at least 4 members (excludes halogenated alkanes) is 1. The van der Waals surface area contributed by atoms with E-state index in [0.717, 1.165) is 29.2 Å². The minimum Gasteiger partial charge on any atom is -0.494 e. The maximum atomic E-state index is 12.1. The number of aromatic amines is 1. The second-order valence-corrected chi connectivity index (χ2v) is 6.59. The number of ether oxygens (including phenoxy) is 1. The maximum absolute atomic E-state index is 12.1. The van der Waals surface area contributed by atoms with Crippen molar-refractivity contribution in [1.82, 2.24) is 15.2 Å². The number of anilines is 2. The van der Waals surface area contributed by atoms with Crippen LogP contribution in [0.25, 0.3) is 0 Å². The van der Waals surface area contributed by atoms with E-state index in [1.54, 1.807) is 11.3 Å². The van der Waals surface area contributed by atoms with Crippen molar-refractivity contribution in [2.75, 3.05) is 11.9 Å². The van der Waals surface area contributed by atoms with Gasteiger partial charge in [-0.1, -0.05) is 19.4 Å². The highest BCUT2D eigenvalue weighted by Crippen LogP contribution is 2.18. The lowest BCUT2D eigenvalue weighted by atomic mass is 10.3. The summed E-state index contributed by atoms with van der Waals surface area (Å²) in [4.78, 5) is 16.0. The number of nitrogens with one attached hydrogen (secondary N) is 2. The summed E-state index contributed by atoms with van der Waals surface area (Å²) in [7, 11) is 0. The Labute approximate surface area is 149 Å². The summed E-state index contributed by atoms with van der Waals surface area (Å²) in [5.41, 5.74) is 0.983. The van der Waals surface area contributed by atoms with Crippen molar-refractivity contribution < 1.29 is 4.74 Å². The molecule has 0 atom stereocenters. The summed E-state index contributed by atoms with van der Waals surface area (Å²) in [6.45, 7) is 2.84. The number of thiophene rings is 1. The number of H-pyrrole nitrogens is 1. The number of benzene rings is 1. The van der Waals surface area contributed by atoms with Crippen molar-refractivity contribution in [3.05, 3.63) is 62.7 Å². The zero-order chi connectivity index (χ0) is 17.5. The van der Waals surface area contributed by atoms with E-state index in [1.807, 2.05) is 41.8 Å². The molecular weight excluding hydrogens is 336 g/mol. The van der Waals surface area contributed by atoms with Gasteiger partial charge >= 0.3 is 0 Å². The van der Waals surface area contributed by atoms with Gasteiger partial charge in [0, 0.05) is 17.0 Å². The summed E-state index contributed by atoms with van der Waals surface area (Å²) in [5, 5.41) is 13.1. The molecule has 2 N–H and O–H groups in total. The summed E-state index contributed by atoms with van der Waals surface area (Å²) in [6.07, 6.45) is 2.63. The van der Waals surface area contributed by atoms with Gasteiger partial charge in [0.2, 0.25) is 5.95 Å². The molecule has 7 heteroatoms. The molecule has 25 heavy (non-hydrogen) atoms. The Bertz CT molecular complexity index is 844. The van der Waals surface area contributed by atoms with E-state index in [0.29, 0.717) is 24.7 Å². The minimum absolute atomic E-state index is 0.231. The van der Waals surface area contributed by atoms with Crippen LogP contribution in [-0.4, -0.2) is 21.8 Å². The zero-order valence-electron chi connectivity index (χ0n) is 14.0. The van der Waals surface area contributed by atoms with Crippen molar-refractivity contribution >= 4 is 23.0 Å². The van der Waals surface area contributed by atoms with Gasteiger partial charge in [-0.15, -0.1) is 21.5 Å². The Morgan fingerprint density at radius 3 is 2.72 bits per heavy atom. The number of rotatable bonds is 8. The van der Waals surface area contributed by atoms with E-state index < -0.39 is 0 Å². The van der Waals surface area contributed by atoms with E-state index in [9.17, 15) is 4.79 Å². The predicted octanol–water partition coefficient (Wildman–Crippen LogP) is 3.74. The van der Waals surface area contributed by atoms with Gasteiger partial charge in [-0.3, -0.25) is 9.78 Å². The molecule has 0 aliphatic heterocycles. The standard InChI is InChI=1S/C18H20N4O2S/c1-2-3-10-24-14-8-6-13(7-9-14)19-18-20-17(23)16(21-22-18)12-15-5-4-11-25-15/h4-9,11H,2-3,10,12H2,1H3,(H2,19,20,22,23). The zero-order valence-corrected chi connectivity index (χ0v) is 14.8. The van der Waals surface area contributed by atoms with Crippen molar-refractivity contribution in [1.29, 1.82) is 0 Å². The first-order chi connectivity index (χ1) is 12.2. The van der Waals surface area contributed by atoms with Crippen LogP contribution in [0.5, 0.6) is 5.75 Å². The first kappa shape index (κ1) is 17.2. The topological polar surface area (TPSA) is 79.9 Å². The summed E-state index contributed by atoms with van der Waals surface area (Å²) < 4.78 is 5.62. The molecule has 1 aromatic carbocycles. The molecule has 2 heterocycles. The Balaban J connectivity index is 1.62. The van der Waals surface area contributed by atoms with Crippen molar-refractivity contribution in [3.8, 4) is 5.75 Å². The monoisotopic (exact) mass is 356 g/mol. The molecule has 0 aliphatic carbocycles. The molecule has 130 valence electrons. The highest BCUT2D eigenvalue weighted by Gasteiger charge is 2.07. The molecule has 0 radical (unpaired) electrons. The van der Waals surface area contributed by atoms with Gasteiger partial charge in [-0.2, -0.15) is 0 Å². The molecule has 0 aliphatic rings. The highest BCUT2D eigenvalue weighted by atomic mass is 32.1. The average Bonchev–Trinajstić information content (AvgIpc) is 3.12. The third-order valence-electron chi connectivity index (χ3n) is 3.57. The van der Waals surface area contributed by atoms with Crippen LogP contribution in [-0.2, 0) is 6.42 Å². The van der Waals surface area contributed by atoms with Gasteiger partial charge < -0.3 is 10.1 Å². The van der Waals surface area contributed by atoms with Crippen LogP contribution < -0.4 is 15.6 Å². The second-order valence-electron chi connectivity index (χ2n) is 5.56. The van der Waals surface area contributed by atoms with Crippen molar-refractivity contribution in [2.24, 2.45) is 0 Å². The van der Waals surface area contributed by atoms with Crippen LogP contribution in [0.4, 0.5) is 11.6 Å². The van der Waals surface area contributed by atoms with Gasteiger partial charge in [0.1, 0.15) is 11.4 Å². The fraction of sp³-hybridized carbons (Fsp3) is 0.278. The molecule has 2 aromatic heterocycles. The minimum atomic E-state index is -0.231. The smallest absolute Gasteiger partial charge is 0.274 e. The molecular formula is C18H20N4O2S. The molecule has 0 bridgehead atoms. The molecule has 0 spiro atoms. The Morgan fingerprint density at radius 2 is 2.04 bits per heavy atom. The lowest BCUT2D eigenvalue weighted by molar-refractivity contribution is 0.309. The van der Waals surface area contributed by atoms with Crippen LogP contribution in [0.3, 0.4) is 0 Å².